The zero-order valence-electron chi connectivity index (χ0n) is 16.8. The van der Waals surface area contributed by atoms with E-state index in [4.69, 9.17) is 9.47 Å². The van der Waals surface area contributed by atoms with Crippen molar-refractivity contribution in [2.24, 2.45) is 0 Å². The predicted molar refractivity (Wildman–Crippen MR) is 119 cm³/mol. The number of hydrogen-bond acceptors (Lipinski definition) is 2. The van der Waals surface area contributed by atoms with Gasteiger partial charge in [-0.1, -0.05) is 80.4 Å². The van der Waals surface area contributed by atoms with Crippen molar-refractivity contribution in [1.29, 1.82) is 0 Å². The van der Waals surface area contributed by atoms with Crippen molar-refractivity contribution in [3.8, 4) is 22.6 Å². The summed E-state index contributed by atoms with van der Waals surface area (Å²) in [6.07, 6.45) is 9.68. The van der Waals surface area contributed by atoms with Gasteiger partial charge in [-0.3, -0.25) is 0 Å². The zero-order chi connectivity index (χ0) is 19.3. The molecule has 0 fully saturated rings. The molecular weight excluding hydrogens is 400 g/mol. The lowest BCUT2D eigenvalue weighted by atomic mass is 10.0. The first-order valence-electron chi connectivity index (χ1n) is 10.4. The van der Waals surface area contributed by atoms with E-state index in [1.54, 1.807) is 0 Å². The summed E-state index contributed by atoms with van der Waals surface area (Å²) in [5.74, 6) is 1.82. The Kier molecular flexibility index (Phi) is 10.4. The fourth-order valence-electron chi connectivity index (χ4n) is 3.01. The van der Waals surface area contributed by atoms with Crippen LogP contribution in [0.1, 0.15) is 65.2 Å². The van der Waals surface area contributed by atoms with Crippen LogP contribution in [0.3, 0.4) is 0 Å². The van der Waals surface area contributed by atoms with Crippen molar-refractivity contribution in [3.63, 3.8) is 0 Å². The quantitative estimate of drug-likeness (QED) is 0.298. The molecule has 0 saturated carbocycles. The van der Waals surface area contributed by atoms with Gasteiger partial charge in [0.25, 0.3) is 0 Å². The summed E-state index contributed by atoms with van der Waals surface area (Å²) < 4.78 is 13.2. The van der Waals surface area contributed by atoms with Crippen LogP contribution in [0.4, 0.5) is 0 Å². The van der Waals surface area contributed by atoms with Crippen LogP contribution in [0.2, 0.25) is 0 Å². The number of unbranched alkanes of at least 4 members (excludes halogenated alkanes) is 6. The monoisotopic (exact) mass is 432 g/mol. The molecule has 2 aromatic rings. The average Bonchev–Trinajstić information content (AvgIpc) is 2.69. The molecule has 0 aliphatic heterocycles. The smallest absolute Gasteiger partial charge is 0.130 e. The van der Waals surface area contributed by atoms with E-state index in [-0.39, 0.29) is 0 Å². The van der Waals surface area contributed by atoms with E-state index < -0.39 is 0 Å². The van der Waals surface area contributed by atoms with Gasteiger partial charge in [0.1, 0.15) is 11.5 Å². The molecule has 3 heteroatoms. The predicted octanol–water partition coefficient (Wildman–Crippen LogP) is 8.03. The molecule has 2 nitrogen and oxygen atoms in total. The summed E-state index contributed by atoms with van der Waals surface area (Å²) in [6.45, 7) is 5.98. The molecule has 0 heterocycles. The Balaban J connectivity index is 2.05. The topological polar surface area (TPSA) is 18.5 Å². The molecule has 2 rings (SSSR count). The SMILES string of the molecule is CCCCCCOc1ccc(-c2ccc(Br)cc2)c(OCCCCCC)c1. The van der Waals surface area contributed by atoms with E-state index in [0.29, 0.717) is 0 Å². The Labute approximate surface area is 173 Å². The molecule has 0 spiro atoms. The normalized spacial score (nSPS) is 10.8. The van der Waals surface area contributed by atoms with Gasteiger partial charge in [0, 0.05) is 16.1 Å². The van der Waals surface area contributed by atoms with Crippen LogP contribution < -0.4 is 9.47 Å². The van der Waals surface area contributed by atoms with Crippen molar-refractivity contribution >= 4 is 15.9 Å². The molecule has 0 aliphatic carbocycles. The van der Waals surface area contributed by atoms with Gasteiger partial charge in [-0.15, -0.1) is 0 Å². The highest BCUT2D eigenvalue weighted by Crippen LogP contribution is 2.34. The first-order valence-corrected chi connectivity index (χ1v) is 11.2. The lowest BCUT2D eigenvalue weighted by molar-refractivity contribution is 0.291. The van der Waals surface area contributed by atoms with E-state index in [1.165, 1.54) is 38.5 Å². The Bertz CT molecular complexity index is 652. The number of hydrogen-bond donors (Lipinski definition) is 0. The zero-order valence-corrected chi connectivity index (χ0v) is 18.4. The van der Waals surface area contributed by atoms with Gasteiger partial charge in [0.2, 0.25) is 0 Å². The van der Waals surface area contributed by atoms with Crippen molar-refractivity contribution in [2.45, 2.75) is 65.2 Å². The van der Waals surface area contributed by atoms with Crippen LogP contribution in [0.25, 0.3) is 11.1 Å². The lowest BCUT2D eigenvalue weighted by Gasteiger charge is -2.14. The molecular formula is C24H33BrO2. The standard InChI is InChI=1S/C24H33BrO2/c1-3-5-7-9-17-26-22-15-16-23(20-11-13-21(25)14-12-20)24(19-22)27-18-10-8-6-4-2/h11-16,19H,3-10,17-18H2,1-2H3. The third-order valence-electron chi connectivity index (χ3n) is 4.63. The van der Waals surface area contributed by atoms with Crippen LogP contribution in [0, 0.1) is 0 Å². The van der Waals surface area contributed by atoms with Crippen LogP contribution >= 0.6 is 15.9 Å². The number of rotatable bonds is 13. The van der Waals surface area contributed by atoms with Crippen LogP contribution in [0.5, 0.6) is 11.5 Å². The maximum Gasteiger partial charge on any atom is 0.130 e. The van der Waals surface area contributed by atoms with Crippen molar-refractivity contribution in [1.82, 2.24) is 0 Å². The Morgan fingerprint density at radius 1 is 0.704 bits per heavy atom. The summed E-state index contributed by atoms with van der Waals surface area (Å²) in [5.41, 5.74) is 2.28. The van der Waals surface area contributed by atoms with E-state index in [0.717, 1.165) is 53.2 Å². The maximum atomic E-state index is 6.16. The highest BCUT2D eigenvalue weighted by atomic mass is 79.9. The highest BCUT2D eigenvalue weighted by molar-refractivity contribution is 9.10. The van der Waals surface area contributed by atoms with E-state index in [9.17, 15) is 0 Å². The first kappa shape index (κ1) is 21.8. The van der Waals surface area contributed by atoms with Crippen molar-refractivity contribution < 1.29 is 9.47 Å². The minimum atomic E-state index is 0.753. The molecule has 2 aromatic carbocycles. The second kappa shape index (κ2) is 12.8. The Hall–Kier alpha value is -1.48. The third kappa shape index (κ3) is 7.96. The Morgan fingerprint density at radius 3 is 1.96 bits per heavy atom. The number of halogens is 1. The summed E-state index contributed by atoms with van der Waals surface area (Å²) in [4.78, 5) is 0. The van der Waals surface area contributed by atoms with Crippen LogP contribution in [-0.2, 0) is 0 Å². The molecule has 0 saturated heterocycles. The second-order valence-corrected chi connectivity index (χ2v) is 7.90. The van der Waals surface area contributed by atoms with Gasteiger partial charge < -0.3 is 9.47 Å². The van der Waals surface area contributed by atoms with Gasteiger partial charge in [-0.2, -0.15) is 0 Å². The minimum absolute atomic E-state index is 0.753. The lowest BCUT2D eigenvalue weighted by Crippen LogP contribution is -2.01. The summed E-state index contributed by atoms with van der Waals surface area (Å²) in [5, 5.41) is 0. The molecule has 0 aromatic heterocycles. The van der Waals surface area contributed by atoms with Gasteiger partial charge in [-0.25, -0.2) is 0 Å². The van der Waals surface area contributed by atoms with E-state index >= 15 is 0 Å². The summed E-state index contributed by atoms with van der Waals surface area (Å²) >= 11 is 3.51. The fraction of sp³-hybridized carbons (Fsp3) is 0.500. The van der Waals surface area contributed by atoms with Gasteiger partial charge >= 0.3 is 0 Å². The molecule has 0 radical (unpaired) electrons. The van der Waals surface area contributed by atoms with Gasteiger partial charge in [0.05, 0.1) is 13.2 Å². The molecule has 0 aliphatic rings. The minimum Gasteiger partial charge on any atom is -0.493 e. The molecule has 0 atom stereocenters. The van der Waals surface area contributed by atoms with E-state index in [2.05, 4.69) is 72.2 Å². The van der Waals surface area contributed by atoms with Gasteiger partial charge in [-0.05, 0) is 42.7 Å². The average molecular weight is 433 g/mol. The summed E-state index contributed by atoms with van der Waals surface area (Å²) in [6, 6.07) is 14.6. The summed E-state index contributed by atoms with van der Waals surface area (Å²) in [7, 11) is 0. The van der Waals surface area contributed by atoms with Crippen molar-refractivity contribution in [2.75, 3.05) is 13.2 Å². The first-order chi connectivity index (χ1) is 13.2. The number of benzene rings is 2. The Morgan fingerprint density at radius 2 is 1.33 bits per heavy atom. The molecule has 0 N–H and O–H groups in total. The van der Waals surface area contributed by atoms with E-state index in [1.807, 2.05) is 0 Å². The number of ether oxygens (including phenoxy) is 2. The van der Waals surface area contributed by atoms with Crippen LogP contribution in [0.15, 0.2) is 46.9 Å². The molecule has 27 heavy (non-hydrogen) atoms. The molecule has 0 amide bonds. The van der Waals surface area contributed by atoms with Crippen molar-refractivity contribution in [3.05, 3.63) is 46.9 Å². The maximum absolute atomic E-state index is 6.16. The van der Waals surface area contributed by atoms with Gasteiger partial charge in [0.15, 0.2) is 0 Å². The van der Waals surface area contributed by atoms with Crippen LogP contribution in [-0.4, -0.2) is 13.2 Å². The molecule has 0 bridgehead atoms. The molecule has 148 valence electrons. The second-order valence-electron chi connectivity index (χ2n) is 6.98. The third-order valence-corrected chi connectivity index (χ3v) is 5.16. The fourth-order valence-corrected chi connectivity index (χ4v) is 3.27. The highest BCUT2D eigenvalue weighted by Gasteiger charge is 2.09. The molecule has 0 unspecified atom stereocenters. The largest absolute Gasteiger partial charge is 0.493 e.